The maximum atomic E-state index is 6.30. The molecule has 2 aliphatic rings. The molecule has 0 aromatic carbocycles. The van der Waals surface area contributed by atoms with Crippen molar-refractivity contribution >= 4 is 8.32 Å². The molecule has 0 bridgehead atoms. The Bertz CT molecular complexity index is 359. The second-order valence-corrected chi connectivity index (χ2v) is 12.4. The molecule has 2 aliphatic heterocycles. The Morgan fingerprint density at radius 3 is 2.70 bits per heavy atom. The molecule has 0 aromatic heterocycles. The molecule has 2 atom stereocenters. The minimum atomic E-state index is -1.69. The lowest BCUT2D eigenvalue weighted by atomic mass is 9.99. The fourth-order valence-corrected chi connectivity index (χ4v) is 3.49. The SMILES string of the molecule is CC(C)(C)[Si](C)(C)OC[C@H]1CCC[C@]2(C=CCCO2)O1. The Morgan fingerprint density at radius 2 is 2.10 bits per heavy atom. The van der Waals surface area contributed by atoms with Crippen LogP contribution in [0, 0.1) is 0 Å². The first-order valence-electron chi connectivity index (χ1n) is 7.88. The van der Waals surface area contributed by atoms with Crippen LogP contribution in [0.1, 0.15) is 46.5 Å². The molecule has 2 heterocycles. The summed E-state index contributed by atoms with van der Waals surface area (Å²) in [5, 5.41) is 0.251. The highest BCUT2D eigenvalue weighted by Crippen LogP contribution is 2.38. The van der Waals surface area contributed by atoms with E-state index in [1.165, 1.54) is 0 Å². The van der Waals surface area contributed by atoms with Gasteiger partial charge in [0.05, 0.1) is 19.3 Å². The summed E-state index contributed by atoms with van der Waals surface area (Å²) in [4.78, 5) is 0. The molecule has 0 aromatic rings. The van der Waals surface area contributed by atoms with E-state index in [9.17, 15) is 0 Å². The maximum Gasteiger partial charge on any atom is 0.192 e. The molecular weight excluding hydrogens is 268 g/mol. The Labute approximate surface area is 124 Å². The highest BCUT2D eigenvalue weighted by molar-refractivity contribution is 6.74. The van der Waals surface area contributed by atoms with Crippen molar-refractivity contribution in [2.24, 2.45) is 0 Å². The van der Waals surface area contributed by atoms with Crippen molar-refractivity contribution in [2.75, 3.05) is 13.2 Å². The van der Waals surface area contributed by atoms with Crippen molar-refractivity contribution in [1.29, 1.82) is 0 Å². The zero-order chi connectivity index (χ0) is 14.9. The van der Waals surface area contributed by atoms with Crippen LogP contribution in [-0.2, 0) is 13.9 Å². The summed E-state index contributed by atoms with van der Waals surface area (Å²) >= 11 is 0. The van der Waals surface area contributed by atoms with E-state index in [1.54, 1.807) is 0 Å². The minimum absolute atomic E-state index is 0.167. The van der Waals surface area contributed by atoms with Crippen LogP contribution in [0.25, 0.3) is 0 Å². The zero-order valence-corrected chi connectivity index (χ0v) is 14.7. The summed E-state index contributed by atoms with van der Waals surface area (Å²) < 4.78 is 18.4. The quantitative estimate of drug-likeness (QED) is 0.576. The van der Waals surface area contributed by atoms with Gasteiger partial charge in [0.2, 0.25) is 0 Å². The van der Waals surface area contributed by atoms with Gasteiger partial charge in [-0.2, -0.15) is 0 Å². The summed E-state index contributed by atoms with van der Waals surface area (Å²) in [6.07, 6.45) is 8.65. The van der Waals surface area contributed by atoms with E-state index in [1.807, 2.05) is 0 Å². The molecule has 0 radical (unpaired) electrons. The lowest BCUT2D eigenvalue weighted by molar-refractivity contribution is -0.257. The van der Waals surface area contributed by atoms with Crippen molar-refractivity contribution in [3.05, 3.63) is 12.2 Å². The summed E-state index contributed by atoms with van der Waals surface area (Å²) in [7, 11) is -1.69. The smallest absolute Gasteiger partial charge is 0.192 e. The zero-order valence-electron chi connectivity index (χ0n) is 13.7. The van der Waals surface area contributed by atoms with Crippen LogP contribution in [0.2, 0.25) is 18.1 Å². The molecule has 2 rings (SSSR count). The molecule has 4 heteroatoms. The van der Waals surface area contributed by atoms with Gasteiger partial charge in [0.1, 0.15) is 0 Å². The summed E-state index contributed by atoms with van der Waals surface area (Å²) in [5.74, 6) is -0.460. The van der Waals surface area contributed by atoms with Crippen LogP contribution >= 0.6 is 0 Å². The monoisotopic (exact) mass is 298 g/mol. The molecule has 1 spiro atoms. The van der Waals surface area contributed by atoms with Gasteiger partial charge in [-0.1, -0.05) is 26.8 Å². The minimum Gasteiger partial charge on any atom is -0.414 e. The van der Waals surface area contributed by atoms with E-state index < -0.39 is 14.1 Å². The van der Waals surface area contributed by atoms with E-state index in [2.05, 4.69) is 46.0 Å². The predicted octanol–water partition coefficient (Wildman–Crippen LogP) is 4.25. The standard InChI is InChI=1S/C16H30O3Si/c1-15(2,3)20(4,5)18-13-14-9-8-11-16(19-14)10-6-7-12-17-16/h6,10,14H,7-9,11-13H2,1-5H3/t14-,16+/m1/s1. The van der Waals surface area contributed by atoms with Gasteiger partial charge in [-0.3, -0.25) is 0 Å². The van der Waals surface area contributed by atoms with Gasteiger partial charge in [-0.25, -0.2) is 0 Å². The molecule has 0 unspecified atom stereocenters. The predicted molar refractivity (Wildman–Crippen MR) is 84.3 cm³/mol. The lowest BCUT2D eigenvalue weighted by Gasteiger charge is -2.42. The van der Waals surface area contributed by atoms with Crippen molar-refractivity contribution in [2.45, 2.75) is 76.5 Å². The number of hydrogen-bond acceptors (Lipinski definition) is 3. The van der Waals surface area contributed by atoms with Crippen LogP contribution in [0.3, 0.4) is 0 Å². The van der Waals surface area contributed by atoms with Crippen LogP contribution in [-0.4, -0.2) is 33.4 Å². The molecule has 0 aliphatic carbocycles. The molecular formula is C16H30O3Si. The third-order valence-electron chi connectivity index (χ3n) is 4.86. The fourth-order valence-electron chi connectivity index (χ4n) is 2.45. The second kappa shape index (κ2) is 5.91. The largest absolute Gasteiger partial charge is 0.414 e. The highest BCUT2D eigenvalue weighted by Gasteiger charge is 2.40. The third kappa shape index (κ3) is 3.73. The van der Waals surface area contributed by atoms with Gasteiger partial charge in [-0.15, -0.1) is 0 Å². The average Bonchev–Trinajstić information content (AvgIpc) is 2.36. The normalized spacial score (nSPS) is 31.8. The van der Waals surface area contributed by atoms with Crippen LogP contribution in [0.5, 0.6) is 0 Å². The molecule has 1 fully saturated rings. The van der Waals surface area contributed by atoms with Gasteiger partial charge in [-0.05, 0) is 43.5 Å². The van der Waals surface area contributed by atoms with Crippen molar-refractivity contribution in [1.82, 2.24) is 0 Å². The number of hydrogen-bond donors (Lipinski definition) is 0. The lowest BCUT2D eigenvalue weighted by Crippen LogP contribution is -2.47. The highest BCUT2D eigenvalue weighted by atomic mass is 28.4. The fraction of sp³-hybridized carbons (Fsp3) is 0.875. The first kappa shape index (κ1) is 16.2. The second-order valence-electron chi connectivity index (χ2n) is 7.55. The van der Waals surface area contributed by atoms with Crippen molar-refractivity contribution in [3.8, 4) is 0 Å². The van der Waals surface area contributed by atoms with Gasteiger partial charge in [0.15, 0.2) is 14.1 Å². The molecule has 20 heavy (non-hydrogen) atoms. The van der Waals surface area contributed by atoms with Crippen LogP contribution in [0.15, 0.2) is 12.2 Å². The number of ether oxygens (including phenoxy) is 2. The molecule has 0 amide bonds. The third-order valence-corrected chi connectivity index (χ3v) is 9.36. The van der Waals surface area contributed by atoms with Crippen LogP contribution in [0.4, 0.5) is 0 Å². The molecule has 0 saturated carbocycles. The molecule has 3 nitrogen and oxygen atoms in total. The summed E-state index contributed by atoms with van der Waals surface area (Å²) in [5.41, 5.74) is 0. The van der Waals surface area contributed by atoms with Gasteiger partial charge in [0, 0.05) is 6.42 Å². The van der Waals surface area contributed by atoms with Gasteiger partial charge in [0.25, 0.3) is 0 Å². The van der Waals surface area contributed by atoms with Gasteiger partial charge >= 0.3 is 0 Å². The van der Waals surface area contributed by atoms with E-state index in [-0.39, 0.29) is 11.1 Å². The van der Waals surface area contributed by atoms with Crippen LogP contribution < -0.4 is 0 Å². The molecule has 1 saturated heterocycles. The van der Waals surface area contributed by atoms with Gasteiger partial charge < -0.3 is 13.9 Å². The van der Waals surface area contributed by atoms with E-state index in [0.29, 0.717) is 6.61 Å². The number of rotatable bonds is 3. The summed E-state index contributed by atoms with van der Waals surface area (Å²) in [6.45, 7) is 12.9. The maximum absolute atomic E-state index is 6.30. The summed E-state index contributed by atoms with van der Waals surface area (Å²) in [6, 6.07) is 0. The van der Waals surface area contributed by atoms with E-state index in [0.717, 1.165) is 32.3 Å². The van der Waals surface area contributed by atoms with E-state index in [4.69, 9.17) is 13.9 Å². The van der Waals surface area contributed by atoms with Crippen molar-refractivity contribution in [3.63, 3.8) is 0 Å². The van der Waals surface area contributed by atoms with E-state index >= 15 is 0 Å². The Balaban J connectivity index is 1.91. The topological polar surface area (TPSA) is 27.7 Å². The first-order chi connectivity index (χ1) is 9.24. The first-order valence-corrected chi connectivity index (χ1v) is 10.8. The van der Waals surface area contributed by atoms with Crippen molar-refractivity contribution < 1.29 is 13.9 Å². The average molecular weight is 298 g/mol. The Morgan fingerprint density at radius 1 is 1.35 bits per heavy atom. The Kier molecular flexibility index (Phi) is 4.79. The Hall–Kier alpha value is -0.163. The molecule has 116 valence electrons. The molecule has 0 N–H and O–H groups in total.